The zero-order valence-corrected chi connectivity index (χ0v) is 31.2. The molecule has 0 spiro atoms. The zero-order valence-electron chi connectivity index (χ0n) is 29.3. The van der Waals surface area contributed by atoms with Gasteiger partial charge < -0.3 is 0 Å². The van der Waals surface area contributed by atoms with Gasteiger partial charge in [-0.15, -0.1) is 6.58 Å². The summed E-state index contributed by atoms with van der Waals surface area (Å²) in [6, 6.07) is 42.6. The largest absolute Gasteiger partial charge is 0.103 e. The lowest BCUT2D eigenvalue weighted by atomic mass is 9.88. The first-order valence-electron chi connectivity index (χ1n) is 17.9. The molecule has 4 aromatic carbocycles. The van der Waals surface area contributed by atoms with Gasteiger partial charge in [-0.1, -0.05) is 179 Å². The Morgan fingerprint density at radius 3 is 1.66 bits per heavy atom. The predicted octanol–water partition coefficient (Wildman–Crippen LogP) is 11.8. The van der Waals surface area contributed by atoms with E-state index in [4.69, 9.17) is 0 Å². The molecule has 2 fully saturated rings. The van der Waals surface area contributed by atoms with Crippen molar-refractivity contribution in [2.75, 3.05) is 0 Å². The molecule has 4 aromatic rings. The van der Waals surface area contributed by atoms with Crippen molar-refractivity contribution in [2.45, 2.75) is 70.6 Å². The molecule has 4 unspecified atom stereocenters. The van der Waals surface area contributed by atoms with Crippen molar-refractivity contribution in [3.63, 3.8) is 0 Å². The summed E-state index contributed by atoms with van der Waals surface area (Å²) in [4.78, 5) is 0. The summed E-state index contributed by atoms with van der Waals surface area (Å²) in [6.45, 7) is 15.9. The van der Waals surface area contributed by atoms with Crippen LogP contribution in [0.5, 0.6) is 0 Å². The van der Waals surface area contributed by atoms with Crippen LogP contribution in [0.3, 0.4) is 0 Å². The van der Waals surface area contributed by atoms with Crippen LogP contribution in [0.15, 0.2) is 146 Å². The van der Waals surface area contributed by atoms with Crippen molar-refractivity contribution in [3.8, 4) is 0 Å². The molecular formula is C45H55PSi. The van der Waals surface area contributed by atoms with E-state index in [1.165, 1.54) is 52.7 Å². The van der Waals surface area contributed by atoms with Crippen LogP contribution in [0.1, 0.15) is 56.6 Å². The summed E-state index contributed by atoms with van der Waals surface area (Å²) in [5, 5.41) is 4.24. The Kier molecular flexibility index (Phi) is 12.5. The Bertz CT molecular complexity index is 1530. The monoisotopic (exact) mass is 654 g/mol. The van der Waals surface area contributed by atoms with Gasteiger partial charge in [0.2, 0.25) is 0 Å². The van der Waals surface area contributed by atoms with Gasteiger partial charge in [0, 0.05) is 8.07 Å². The lowest BCUT2D eigenvalue weighted by Crippen LogP contribution is -2.30. The van der Waals surface area contributed by atoms with E-state index in [9.17, 15) is 0 Å². The molecule has 47 heavy (non-hydrogen) atoms. The molecule has 244 valence electrons. The highest BCUT2D eigenvalue weighted by Gasteiger charge is 2.40. The summed E-state index contributed by atoms with van der Waals surface area (Å²) < 4.78 is 0. The molecule has 2 saturated carbocycles. The van der Waals surface area contributed by atoms with Gasteiger partial charge in [0.25, 0.3) is 0 Å². The quantitative estimate of drug-likeness (QED) is 0.0907. The predicted molar refractivity (Wildman–Crippen MR) is 214 cm³/mol. The molecule has 0 heterocycles. The molecule has 0 radical (unpaired) electrons. The third kappa shape index (κ3) is 9.01. The van der Waals surface area contributed by atoms with Gasteiger partial charge in [0.05, 0.1) is 0 Å². The van der Waals surface area contributed by atoms with Gasteiger partial charge in [-0.3, -0.25) is 0 Å². The Morgan fingerprint density at radius 1 is 0.574 bits per heavy atom. The summed E-state index contributed by atoms with van der Waals surface area (Å²) in [5.74, 6) is 3.09. The molecule has 6 atom stereocenters. The maximum absolute atomic E-state index is 4.22. The first kappa shape index (κ1) is 35.1. The molecule has 0 N–H and O–H groups in total. The first-order valence-corrected chi connectivity index (χ1v) is 22.9. The van der Waals surface area contributed by atoms with Gasteiger partial charge in [0.1, 0.15) is 0 Å². The maximum atomic E-state index is 4.22. The van der Waals surface area contributed by atoms with Gasteiger partial charge in [-0.25, -0.2) is 0 Å². The standard InChI is InChI=1S/C43H49PSi.C2H6/c1-5-33-29-37(23-22-35-30-38(43(32-35)45(2,3)4)24-21-34-15-9-6-10-16-34)42(31-33)36-25-27-41(28-26-36)44(39-17-11-7-12-18-39)40-19-13-8-14-20-40;1-2/h5-28,33,35,37-38,42-43H,1,29-32H2,2-4H3;1-2H3/b23-22+,24-21+;/t33-,35?,37?,38?,42+,43?;/m1./s1. The maximum Gasteiger partial charge on any atom is 0.0479 e. The summed E-state index contributed by atoms with van der Waals surface area (Å²) in [5.41, 5.74) is 3.65. The van der Waals surface area contributed by atoms with Crippen molar-refractivity contribution < 1.29 is 0 Å². The van der Waals surface area contributed by atoms with Crippen LogP contribution in [0.2, 0.25) is 25.2 Å². The van der Waals surface area contributed by atoms with Crippen molar-refractivity contribution >= 4 is 38.0 Å². The van der Waals surface area contributed by atoms with E-state index in [-0.39, 0.29) is 0 Å². The average molecular weight is 655 g/mol. The second-order valence-corrected chi connectivity index (χ2v) is 22.1. The molecule has 0 amide bonds. The molecule has 2 aliphatic carbocycles. The van der Waals surface area contributed by atoms with E-state index in [0.717, 1.165) is 5.54 Å². The zero-order chi connectivity index (χ0) is 33.2. The van der Waals surface area contributed by atoms with E-state index in [0.29, 0.717) is 29.6 Å². The van der Waals surface area contributed by atoms with Crippen molar-refractivity contribution in [1.29, 1.82) is 0 Å². The first-order chi connectivity index (χ1) is 22.9. The number of hydrogen-bond acceptors (Lipinski definition) is 0. The molecule has 0 saturated heterocycles. The highest BCUT2D eigenvalue weighted by molar-refractivity contribution is 7.79. The molecule has 0 aliphatic heterocycles. The van der Waals surface area contributed by atoms with Crippen LogP contribution >= 0.6 is 7.92 Å². The van der Waals surface area contributed by atoms with Gasteiger partial charge in [0.15, 0.2) is 0 Å². The van der Waals surface area contributed by atoms with Crippen molar-refractivity contribution in [1.82, 2.24) is 0 Å². The Labute approximate surface area is 288 Å². The number of benzene rings is 4. The smallest absolute Gasteiger partial charge is 0.0479 e. The van der Waals surface area contributed by atoms with Gasteiger partial charge in [-0.2, -0.15) is 0 Å². The minimum absolute atomic E-state index is 0.556. The molecule has 2 heteroatoms. The van der Waals surface area contributed by atoms with E-state index in [1.54, 1.807) is 0 Å². The third-order valence-corrected chi connectivity index (χ3v) is 15.6. The Balaban J connectivity index is 0.00000213. The van der Waals surface area contributed by atoms with Crippen LogP contribution in [0.4, 0.5) is 0 Å². The topological polar surface area (TPSA) is 0 Å². The minimum Gasteiger partial charge on any atom is -0.103 e. The van der Waals surface area contributed by atoms with Gasteiger partial charge in [-0.05, 0) is 95.8 Å². The molecule has 0 aromatic heterocycles. The number of hydrogen-bond donors (Lipinski definition) is 0. The van der Waals surface area contributed by atoms with E-state index in [1.807, 2.05) is 13.8 Å². The SMILES string of the molecule is C=C[C@@H]1CC(/C=C/C2CC(/C=C/c3ccccc3)C([Si](C)(C)C)C2)[C@H](c2ccc(P(c3ccccc3)c3ccccc3)cc2)C1.CC. The Morgan fingerprint density at radius 2 is 1.11 bits per heavy atom. The highest BCUT2D eigenvalue weighted by atomic mass is 31.1. The van der Waals surface area contributed by atoms with Crippen LogP contribution in [-0.2, 0) is 0 Å². The van der Waals surface area contributed by atoms with E-state index >= 15 is 0 Å². The van der Waals surface area contributed by atoms with Crippen LogP contribution in [0, 0.1) is 23.7 Å². The fourth-order valence-corrected chi connectivity index (χ4v) is 12.8. The molecule has 6 rings (SSSR count). The normalized spacial score (nSPS) is 24.5. The van der Waals surface area contributed by atoms with Gasteiger partial charge >= 0.3 is 0 Å². The fraction of sp³-hybridized carbons (Fsp3) is 0.333. The van der Waals surface area contributed by atoms with Crippen LogP contribution < -0.4 is 15.9 Å². The average Bonchev–Trinajstić information content (AvgIpc) is 3.74. The molecular weight excluding hydrogens is 600 g/mol. The summed E-state index contributed by atoms with van der Waals surface area (Å²) >= 11 is 0. The second-order valence-electron chi connectivity index (χ2n) is 14.4. The number of allylic oxidation sites excluding steroid dienone is 4. The lowest BCUT2D eigenvalue weighted by Gasteiger charge is -2.29. The summed E-state index contributed by atoms with van der Waals surface area (Å²) in [6.07, 6.45) is 17.4. The van der Waals surface area contributed by atoms with E-state index in [2.05, 4.69) is 172 Å². The fourth-order valence-electron chi connectivity index (χ4n) is 7.95. The second kappa shape index (κ2) is 16.7. The Hall–Kier alpha value is -3.25. The van der Waals surface area contributed by atoms with Crippen LogP contribution in [0.25, 0.3) is 6.08 Å². The molecule has 0 bridgehead atoms. The number of rotatable bonds is 10. The molecule has 0 nitrogen and oxygen atoms in total. The highest BCUT2D eigenvalue weighted by Crippen LogP contribution is 2.49. The lowest BCUT2D eigenvalue weighted by molar-refractivity contribution is 0.575. The van der Waals surface area contributed by atoms with Crippen molar-refractivity contribution in [3.05, 3.63) is 157 Å². The van der Waals surface area contributed by atoms with Crippen LogP contribution in [-0.4, -0.2) is 8.07 Å². The van der Waals surface area contributed by atoms with Crippen molar-refractivity contribution in [2.24, 2.45) is 23.7 Å². The third-order valence-electron chi connectivity index (χ3n) is 10.3. The summed E-state index contributed by atoms with van der Waals surface area (Å²) in [7, 11) is -1.85. The van der Waals surface area contributed by atoms with E-state index < -0.39 is 16.0 Å². The minimum atomic E-state index is -1.27. The molecule has 2 aliphatic rings.